The minimum atomic E-state index is -1.37. The molecule has 5 heteroatoms. The average molecular weight is 615 g/mol. The molecule has 0 radical (unpaired) electrons. The second-order valence-electron chi connectivity index (χ2n) is 11.5. The van der Waals surface area contributed by atoms with Crippen molar-refractivity contribution in [2.75, 3.05) is 0 Å². The maximum Gasteiger partial charge on any atom is 2.00 e. The monoisotopic (exact) mass is 614 g/mol. The third kappa shape index (κ3) is 7.59. The van der Waals surface area contributed by atoms with Gasteiger partial charge in [0.25, 0.3) is 0 Å². The summed E-state index contributed by atoms with van der Waals surface area (Å²) in [6, 6.07) is 33.8. The summed E-state index contributed by atoms with van der Waals surface area (Å²) in [6.45, 7) is 0. The number of hydrogen-bond acceptors (Lipinski definition) is 4. The van der Waals surface area contributed by atoms with Crippen molar-refractivity contribution in [1.29, 1.82) is 0 Å². The second-order valence-corrected chi connectivity index (χ2v) is 11.5. The third-order valence-electron chi connectivity index (χ3n) is 8.36. The Hall–Kier alpha value is -3.38. The van der Waals surface area contributed by atoms with Gasteiger partial charge >= 0.3 is 17.1 Å². The first-order chi connectivity index (χ1) is 20.2. The second kappa shape index (κ2) is 13.9. The van der Waals surface area contributed by atoms with Gasteiger partial charge in [0.15, 0.2) is 11.2 Å². The van der Waals surface area contributed by atoms with E-state index in [2.05, 4.69) is 23.7 Å². The van der Waals surface area contributed by atoms with Crippen molar-refractivity contribution >= 4 is 0 Å². The van der Waals surface area contributed by atoms with E-state index in [1.807, 2.05) is 109 Å². The summed E-state index contributed by atoms with van der Waals surface area (Å²) in [7, 11) is 0. The molecule has 0 amide bonds. The smallest absolute Gasteiger partial charge is 0.378 e. The Morgan fingerprint density at radius 2 is 0.884 bits per heavy atom. The number of benzene rings is 2. The van der Waals surface area contributed by atoms with Crippen LogP contribution in [0.3, 0.4) is 0 Å². The molecule has 0 aromatic heterocycles. The number of rotatable bonds is 4. The van der Waals surface area contributed by atoms with E-state index in [0.29, 0.717) is 25.7 Å². The van der Waals surface area contributed by atoms with Gasteiger partial charge < -0.3 is 20.4 Å². The molecule has 4 N–H and O–H groups in total. The molecule has 2 atom stereocenters. The van der Waals surface area contributed by atoms with Crippen LogP contribution in [0.1, 0.15) is 73.6 Å². The zero-order valence-electron chi connectivity index (χ0n) is 24.2. The fourth-order valence-corrected chi connectivity index (χ4v) is 5.79. The van der Waals surface area contributed by atoms with Gasteiger partial charge in [-0.1, -0.05) is 84.3 Å². The van der Waals surface area contributed by atoms with Crippen LogP contribution in [0.5, 0.6) is 0 Å². The van der Waals surface area contributed by atoms with Gasteiger partial charge in [0.1, 0.15) is 11.2 Å². The van der Waals surface area contributed by atoms with Crippen molar-refractivity contribution in [2.24, 2.45) is 0 Å². The minimum absolute atomic E-state index is 0. The summed E-state index contributed by atoms with van der Waals surface area (Å²) in [5, 5.41) is 43.1. The predicted molar refractivity (Wildman–Crippen MR) is 165 cm³/mol. The van der Waals surface area contributed by atoms with Crippen molar-refractivity contribution in [3.63, 3.8) is 0 Å². The molecule has 222 valence electrons. The molecule has 0 bridgehead atoms. The Balaban J connectivity index is 0.000000192. The summed E-state index contributed by atoms with van der Waals surface area (Å²) in [5.41, 5.74) is -1.71. The van der Waals surface area contributed by atoms with Crippen LogP contribution in [-0.2, 0) is 28.3 Å². The van der Waals surface area contributed by atoms with Crippen LogP contribution in [0.4, 0.5) is 0 Å². The van der Waals surface area contributed by atoms with Gasteiger partial charge in [-0.2, -0.15) is 24.3 Å². The molecule has 2 unspecified atom stereocenters. The largest absolute Gasteiger partial charge is 2.00 e. The maximum absolute atomic E-state index is 11.1. The maximum atomic E-state index is 11.1. The third-order valence-corrected chi connectivity index (χ3v) is 8.36. The van der Waals surface area contributed by atoms with Gasteiger partial charge in [-0.05, 0) is 62.5 Å². The van der Waals surface area contributed by atoms with Crippen LogP contribution in [-0.4, -0.2) is 31.6 Å². The number of aliphatic hydroxyl groups is 4. The van der Waals surface area contributed by atoms with E-state index in [1.165, 1.54) is 0 Å². The van der Waals surface area contributed by atoms with Crippen LogP contribution < -0.4 is 0 Å². The van der Waals surface area contributed by atoms with E-state index in [9.17, 15) is 20.4 Å². The first-order valence-electron chi connectivity index (χ1n) is 14.8. The van der Waals surface area contributed by atoms with Crippen LogP contribution in [0.2, 0.25) is 0 Å². The molecule has 43 heavy (non-hydrogen) atoms. The van der Waals surface area contributed by atoms with E-state index < -0.39 is 22.4 Å². The van der Waals surface area contributed by atoms with Gasteiger partial charge in [0.2, 0.25) is 0 Å². The Labute approximate surface area is 265 Å². The zero-order chi connectivity index (χ0) is 29.5. The van der Waals surface area contributed by atoms with E-state index in [-0.39, 0.29) is 17.1 Å². The quantitative estimate of drug-likeness (QED) is 0.131. The molecule has 6 rings (SSSR count). The van der Waals surface area contributed by atoms with Crippen molar-refractivity contribution in [1.82, 2.24) is 0 Å². The Morgan fingerprint density at radius 1 is 0.535 bits per heavy atom. The summed E-state index contributed by atoms with van der Waals surface area (Å²) >= 11 is 0. The molecule has 0 aliphatic heterocycles. The molecule has 0 spiro atoms. The fraction of sp³-hybridized carbons (Fsp3) is 0.316. The standard InChI is InChI=1S/2C19H19O2.Fe/c2*20-18(12-6-7-13-18)14-15-19(21,17-10-4-5-11-17)16-8-2-1-3-9-16;/h2*1-5,8-11,20-21H,6-7,12-13H2;/q2*-1;+2. The van der Waals surface area contributed by atoms with Gasteiger partial charge in [-0.15, -0.1) is 11.1 Å². The Morgan fingerprint density at radius 3 is 1.19 bits per heavy atom. The van der Waals surface area contributed by atoms with E-state index in [4.69, 9.17) is 0 Å². The Kier molecular flexibility index (Phi) is 10.5. The fourth-order valence-electron chi connectivity index (χ4n) is 5.79. The van der Waals surface area contributed by atoms with Crippen LogP contribution in [0.25, 0.3) is 0 Å². The summed E-state index contributed by atoms with van der Waals surface area (Å²) < 4.78 is 0. The molecule has 2 aliphatic rings. The van der Waals surface area contributed by atoms with Crippen molar-refractivity contribution in [2.45, 2.75) is 73.8 Å². The van der Waals surface area contributed by atoms with Crippen molar-refractivity contribution in [3.05, 3.63) is 131 Å². The molecule has 0 heterocycles. The zero-order valence-corrected chi connectivity index (χ0v) is 25.3. The molecular formula is C38H38FeO4. The van der Waals surface area contributed by atoms with Crippen molar-refractivity contribution in [3.8, 4) is 23.7 Å². The van der Waals surface area contributed by atoms with Gasteiger partial charge in [0, 0.05) is 0 Å². The summed E-state index contributed by atoms with van der Waals surface area (Å²) in [5.74, 6) is 11.8. The van der Waals surface area contributed by atoms with E-state index in [0.717, 1.165) is 47.9 Å². The molecule has 2 fully saturated rings. The van der Waals surface area contributed by atoms with Crippen LogP contribution >= 0.6 is 0 Å². The van der Waals surface area contributed by atoms with Gasteiger partial charge in [0.05, 0.1) is 0 Å². The Bertz CT molecular complexity index is 1410. The van der Waals surface area contributed by atoms with Gasteiger partial charge in [-0.3, -0.25) is 0 Å². The minimum Gasteiger partial charge on any atom is -0.378 e. The predicted octanol–water partition coefficient (Wildman–Crippen LogP) is 5.90. The molecule has 4 aromatic carbocycles. The van der Waals surface area contributed by atoms with Crippen LogP contribution in [0.15, 0.2) is 109 Å². The van der Waals surface area contributed by atoms with E-state index in [1.54, 1.807) is 0 Å². The first kappa shape index (κ1) is 32.5. The molecule has 4 nitrogen and oxygen atoms in total. The SMILES string of the molecule is OC1(C#CC(O)(c2ccccc2)c2ccc[cH-]2)CCCC1.OC1(C#CC(O)(c2ccccc2)c2ccc[cH-]2)CCCC1.[Fe+2]. The normalized spacial score (nSPS) is 19.1. The molecule has 0 saturated heterocycles. The van der Waals surface area contributed by atoms with E-state index >= 15 is 0 Å². The molecular weight excluding hydrogens is 576 g/mol. The summed E-state index contributed by atoms with van der Waals surface area (Å²) in [4.78, 5) is 0. The molecule has 2 saturated carbocycles. The first-order valence-corrected chi connectivity index (χ1v) is 14.8. The van der Waals surface area contributed by atoms with Crippen molar-refractivity contribution < 1.29 is 37.5 Å². The molecule has 2 aliphatic carbocycles. The van der Waals surface area contributed by atoms with Crippen LogP contribution in [0, 0.1) is 23.7 Å². The average Bonchev–Trinajstić information content (AvgIpc) is 3.86. The van der Waals surface area contributed by atoms with Gasteiger partial charge in [-0.25, -0.2) is 24.3 Å². The topological polar surface area (TPSA) is 80.9 Å². The number of hydrogen-bond donors (Lipinski definition) is 4. The summed E-state index contributed by atoms with van der Waals surface area (Å²) in [6.07, 6.45) is 6.71. The molecule has 4 aromatic rings.